The quantitative estimate of drug-likeness (QED) is 0.904. The van der Waals surface area contributed by atoms with Gasteiger partial charge in [0.15, 0.2) is 9.84 Å². The molecular weight excluding hydrogens is 336 g/mol. The largest absolute Gasteiger partial charge is 0.355 e. The summed E-state index contributed by atoms with van der Waals surface area (Å²) in [4.78, 5) is 10.9. The Morgan fingerprint density at radius 3 is 2.44 bits per heavy atom. The number of hydrogen-bond acceptors (Lipinski definition) is 6. The highest BCUT2D eigenvalue weighted by atomic mass is 32.2. The van der Waals surface area contributed by atoms with Crippen molar-refractivity contribution in [2.75, 3.05) is 28.8 Å². The molecule has 1 aromatic heterocycles. The Morgan fingerprint density at radius 1 is 1.16 bits per heavy atom. The Balaban J connectivity index is 1.88. The molecule has 6 nitrogen and oxygen atoms in total. The summed E-state index contributed by atoms with van der Waals surface area (Å²) < 4.78 is 23.5. The molecule has 134 valence electrons. The molecule has 7 heteroatoms. The first kappa shape index (κ1) is 17.7. The highest BCUT2D eigenvalue weighted by molar-refractivity contribution is 7.91. The molecule has 2 heterocycles. The SMILES string of the molecule is Cc1nc(Nc2c(C)cccc2C)cc(N(C)C2CCS(=O)(=O)C2)n1. The molecule has 0 radical (unpaired) electrons. The highest BCUT2D eigenvalue weighted by Crippen LogP contribution is 2.27. The van der Waals surface area contributed by atoms with Crippen molar-refractivity contribution in [2.45, 2.75) is 33.2 Å². The molecule has 1 atom stereocenters. The van der Waals surface area contributed by atoms with Crippen LogP contribution in [-0.4, -0.2) is 43.0 Å². The lowest BCUT2D eigenvalue weighted by Gasteiger charge is -2.25. The van der Waals surface area contributed by atoms with E-state index in [-0.39, 0.29) is 17.5 Å². The van der Waals surface area contributed by atoms with Crippen LogP contribution in [0.3, 0.4) is 0 Å². The molecule has 3 rings (SSSR count). The Kier molecular flexibility index (Phi) is 4.69. The predicted octanol–water partition coefficient (Wildman–Crippen LogP) is 2.77. The molecule has 1 N–H and O–H groups in total. The fourth-order valence-electron chi connectivity index (χ4n) is 3.20. The lowest BCUT2D eigenvalue weighted by Crippen LogP contribution is -2.33. The molecule has 0 spiro atoms. The van der Waals surface area contributed by atoms with Gasteiger partial charge in [0.1, 0.15) is 17.5 Å². The molecule has 1 aliphatic heterocycles. The van der Waals surface area contributed by atoms with E-state index in [0.29, 0.717) is 18.1 Å². The van der Waals surface area contributed by atoms with Crippen molar-refractivity contribution in [3.63, 3.8) is 0 Å². The molecule has 2 aromatic rings. The number of anilines is 3. The average Bonchev–Trinajstić information content (AvgIpc) is 2.90. The van der Waals surface area contributed by atoms with Gasteiger partial charge in [0.25, 0.3) is 0 Å². The van der Waals surface area contributed by atoms with E-state index in [1.54, 1.807) is 0 Å². The van der Waals surface area contributed by atoms with E-state index in [4.69, 9.17) is 0 Å². The summed E-state index contributed by atoms with van der Waals surface area (Å²) in [5.41, 5.74) is 3.33. The molecule has 0 aliphatic carbocycles. The van der Waals surface area contributed by atoms with Gasteiger partial charge in [0, 0.05) is 24.8 Å². The summed E-state index contributed by atoms with van der Waals surface area (Å²) in [7, 11) is -1.03. The maximum Gasteiger partial charge on any atom is 0.152 e. The maximum absolute atomic E-state index is 11.8. The molecule has 1 fully saturated rings. The molecule has 25 heavy (non-hydrogen) atoms. The first-order valence-corrected chi connectivity index (χ1v) is 10.2. The molecule has 0 amide bonds. The Morgan fingerprint density at radius 2 is 1.84 bits per heavy atom. The van der Waals surface area contributed by atoms with Gasteiger partial charge < -0.3 is 10.2 Å². The van der Waals surface area contributed by atoms with Crippen LogP contribution in [0.2, 0.25) is 0 Å². The van der Waals surface area contributed by atoms with E-state index < -0.39 is 9.84 Å². The van der Waals surface area contributed by atoms with E-state index in [1.165, 1.54) is 0 Å². The zero-order chi connectivity index (χ0) is 18.2. The van der Waals surface area contributed by atoms with Crippen LogP contribution in [0.15, 0.2) is 24.3 Å². The van der Waals surface area contributed by atoms with E-state index >= 15 is 0 Å². The Hall–Kier alpha value is -2.15. The van der Waals surface area contributed by atoms with E-state index in [2.05, 4.69) is 41.3 Å². The number of hydrogen-bond donors (Lipinski definition) is 1. The van der Waals surface area contributed by atoms with Crippen LogP contribution in [-0.2, 0) is 9.84 Å². The van der Waals surface area contributed by atoms with Crippen molar-refractivity contribution in [3.8, 4) is 0 Å². The van der Waals surface area contributed by atoms with E-state index in [9.17, 15) is 8.42 Å². The minimum absolute atomic E-state index is 0.0349. The third kappa shape index (κ3) is 3.92. The number of nitrogens with zero attached hydrogens (tertiary/aromatic N) is 3. The van der Waals surface area contributed by atoms with Crippen LogP contribution in [0.1, 0.15) is 23.4 Å². The normalized spacial score (nSPS) is 19.0. The van der Waals surface area contributed by atoms with Gasteiger partial charge in [-0.25, -0.2) is 18.4 Å². The number of rotatable bonds is 4. The average molecular weight is 360 g/mol. The summed E-state index contributed by atoms with van der Waals surface area (Å²) in [6.07, 6.45) is 0.640. The van der Waals surface area contributed by atoms with Gasteiger partial charge in [-0.1, -0.05) is 18.2 Å². The third-order valence-electron chi connectivity index (χ3n) is 4.68. The van der Waals surface area contributed by atoms with Crippen LogP contribution in [0, 0.1) is 20.8 Å². The third-order valence-corrected chi connectivity index (χ3v) is 6.43. The van der Waals surface area contributed by atoms with Crippen LogP contribution < -0.4 is 10.2 Å². The fourth-order valence-corrected chi connectivity index (χ4v) is 4.98. The molecule has 1 unspecified atom stereocenters. The Labute approximate surface area is 149 Å². The number of nitrogens with one attached hydrogen (secondary N) is 1. The number of para-hydroxylation sites is 1. The minimum atomic E-state index is -2.93. The number of benzene rings is 1. The fraction of sp³-hybridized carbons (Fsp3) is 0.444. The van der Waals surface area contributed by atoms with Crippen LogP contribution in [0.25, 0.3) is 0 Å². The van der Waals surface area contributed by atoms with Crippen molar-refractivity contribution in [1.29, 1.82) is 0 Å². The zero-order valence-corrected chi connectivity index (χ0v) is 15.9. The van der Waals surface area contributed by atoms with Crippen molar-refractivity contribution in [2.24, 2.45) is 0 Å². The van der Waals surface area contributed by atoms with E-state index in [1.807, 2.05) is 31.0 Å². The van der Waals surface area contributed by atoms with Crippen LogP contribution in [0.5, 0.6) is 0 Å². The topological polar surface area (TPSA) is 75.2 Å². The monoisotopic (exact) mass is 360 g/mol. The molecule has 0 saturated carbocycles. The minimum Gasteiger partial charge on any atom is -0.355 e. The summed E-state index contributed by atoms with van der Waals surface area (Å²) in [6.45, 7) is 5.96. The first-order valence-electron chi connectivity index (χ1n) is 8.37. The summed E-state index contributed by atoms with van der Waals surface area (Å²) in [5, 5.41) is 3.39. The van der Waals surface area contributed by atoms with Crippen molar-refractivity contribution >= 4 is 27.2 Å². The first-order chi connectivity index (χ1) is 11.7. The summed E-state index contributed by atoms with van der Waals surface area (Å²) in [5.74, 6) is 2.54. The number of sulfone groups is 1. The van der Waals surface area contributed by atoms with Gasteiger partial charge in [-0.05, 0) is 38.3 Å². The van der Waals surface area contributed by atoms with E-state index in [0.717, 1.165) is 22.6 Å². The predicted molar refractivity (Wildman–Crippen MR) is 101 cm³/mol. The maximum atomic E-state index is 11.8. The van der Waals surface area contributed by atoms with Crippen molar-refractivity contribution in [1.82, 2.24) is 9.97 Å². The highest BCUT2D eigenvalue weighted by Gasteiger charge is 2.31. The number of aryl methyl sites for hydroxylation is 3. The smallest absolute Gasteiger partial charge is 0.152 e. The lowest BCUT2D eigenvalue weighted by atomic mass is 10.1. The summed E-state index contributed by atoms with van der Waals surface area (Å²) >= 11 is 0. The summed E-state index contributed by atoms with van der Waals surface area (Å²) in [6, 6.07) is 7.98. The van der Waals surface area contributed by atoms with Gasteiger partial charge >= 0.3 is 0 Å². The van der Waals surface area contributed by atoms with Gasteiger partial charge in [-0.2, -0.15) is 0 Å². The molecular formula is C18H24N4O2S. The van der Waals surface area contributed by atoms with Crippen molar-refractivity contribution < 1.29 is 8.42 Å². The second kappa shape index (κ2) is 6.63. The van der Waals surface area contributed by atoms with Gasteiger partial charge in [0.05, 0.1) is 11.5 Å². The molecule has 1 aromatic carbocycles. The van der Waals surface area contributed by atoms with Crippen LogP contribution in [0.4, 0.5) is 17.3 Å². The second-order valence-corrected chi connectivity index (χ2v) is 8.95. The van der Waals surface area contributed by atoms with Crippen LogP contribution >= 0.6 is 0 Å². The molecule has 1 saturated heterocycles. The van der Waals surface area contributed by atoms with Gasteiger partial charge in [-0.3, -0.25) is 0 Å². The number of aromatic nitrogens is 2. The standard InChI is InChI=1S/C18H24N4O2S/c1-12-6-5-7-13(2)18(12)21-16-10-17(20-14(3)19-16)22(4)15-8-9-25(23,24)11-15/h5-7,10,15H,8-9,11H2,1-4H3,(H,19,20,21). The lowest BCUT2D eigenvalue weighted by molar-refractivity contribution is 0.600. The molecule has 1 aliphatic rings. The van der Waals surface area contributed by atoms with Gasteiger partial charge in [0.2, 0.25) is 0 Å². The van der Waals surface area contributed by atoms with Crippen molar-refractivity contribution in [3.05, 3.63) is 41.2 Å². The second-order valence-electron chi connectivity index (χ2n) is 6.72. The Bertz CT molecular complexity index is 876. The van der Waals surface area contributed by atoms with Gasteiger partial charge in [-0.15, -0.1) is 0 Å². The molecule has 0 bridgehead atoms. The zero-order valence-electron chi connectivity index (χ0n) is 15.1.